The molecule has 1 unspecified atom stereocenters. The maximum atomic E-state index is 12.2. The standard InChI is InChI=1S/C16H29N3O3/c1-15(2,3)22-14(20)19-8-7-17-13(11-19)18-12-6-9-21-16(4,5)10-12/h12H,6-11H2,1-5H3,(H,17,18). The molecule has 0 spiro atoms. The number of rotatable bonds is 1. The first-order valence-electron chi connectivity index (χ1n) is 8.06. The van der Waals surface area contributed by atoms with Crippen molar-refractivity contribution in [3.8, 4) is 0 Å². The molecule has 0 bridgehead atoms. The van der Waals surface area contributed by atoms with Crippen LogP contribution in [0.1, 0.15) is 47.5 Å². The summed E-state index contributed by atoms with van der Waals surface area (Å²) in [6, 6.07) is 0.348. The zero-order valence-corrected chi connectivity index (χ0v) is 14.4. The van der Waals surface area contributed by atoms with Gasteiger partial charge in [-0.25, -0.2) is 4.79 Å². The number of carbonyl (C=O) groups is 1. The van der Waals surface area contributed by atoms with E-state index in [0.717, 1.165) is 25.3 Å². The molecule has 2 rings (SSSR count). The van der Waals surface area contributed by atoms with Crippen LogP contribution in [0.5, 0.6) is 0 Å². The molecule has 0 aromatic rings. The lowest BCUT2D eigenvalue weighted by atomic mass is 9.94. The van der Waals surface area contributed by atoms with Gasteiger partial charge in [-0.15, -0.1) is 0 Å². The molecule has 6 heteroatoms. The smallest absolute Gasteiger partial charge is 0.410 e. The molecule has 1 saturated heterocycles. The fourth-order valence-electron chi connectivity index (χ4n) is 2.78. The van der Waals surface area contributed by atoms with Gasteiger partial charge in [-0.3, -0.25) is 9.89 Å². The molecule has 0 saturated carbocycles. The van der Waals surface area contributed by atoms with Gasteiger partial charge < -0.3 is 14.8 Å². The minimum absolute atomic E-state index is 0.101. The Morgan fingerprint density at radius 1 is 1.45 bits per heavy atom. The Morgan fingerprint density at radius 3 is 2.82 bits per heavy atom. The molecule has 2 aliphatic heterocycles. The Balaban J connectivity index is 1.88. The van der Waals surface area contributed by atoms with Gasteiger partial charge in [0.15, 0.2) is 0 Å². The van der Waals surface area contributed by atoms with Crippen LogP contribution in [0.15, 0.2) is 4.99 Å². The molecule has 22 heavy (non-hydrogen) atoms. The van der Waals surface area contributed by atoms with E-state index in [0.29, 0.717) is 25.7 Å². The molecular formula is C16H29N3O3. The molecule has 1 amide bonds. The van der Waals surface area contributed by atoms with E-state index in [1.807, 2.05) is 20.8 Å². The lowest BCUT2D eigenvalue weighted by molar-refractivity contribution is -0.0606. The average molecular weight is 311 g/mol. The summed E-state index contributed by atoms with van der Waals surface area (Å²) in [5.41, 5.74) is -0.569. The first-order chi connectivity index (χ1) is 10.1. The van der Waals surface area contributed by atoms with E-state index >= 15 is 0 Å². The van der Waals surface area contributed by atoms with Gasteiger partial charge in [0.05, 0.1) is 18.7 Å². The van der Waals surface area contributed by atoms with Crippen molar-refractivity contribution in [3.63, 3.8) is 0 Å². The first-order valence-corrected chi connectivity index (χ1v) is 8.06. The summed E-state index contributed by atoms with van der Waals surface area (Å²) >= 11 is 0. The van der Waals surface area contributed by atoms with Gasteiger partial charge in [-0.2, -0.15) is 0 Å². The van der Waals surface area contributed by atoms with E-state index in [4.69, 9.17) is 9.47 Å². The second kappa shape index (κ2) is 6.44. The van der Waals surface area contributed by atoms with Gasteiger partial charge >= 0.3 is 6.09 Å². The number of nitrogens with zero attached hydrogens (tertiary/aromatic N) is 2. The molecule has 0 aromatic carbocycles. The molecule has 126 valence electrons. The van der Waals surface area contributed by atoms with Gasteiger partial charge in [-0.1, -0.05) is 0 Å². The van der Waals surface area contributed by atoms with Gasteiger partial charge in [-0.05, 0) is 47.5 Å². The third-order valence-electron chi connectivity index (χ3n) is 3.73. The quantitative estimate of drug-likeness (QED) is 0.806. The fourth-order valence-corrected chi connectivity index (χ4v) is 2.78. The zero-order valence-electron chi connectivity index (χ0n) is 14.4. The number of hydrogen-bond acceptors (Lipinski definition) is 5. The highest BCUT2D eigenvalue weighted by molar-refractivity contribution is 5.88. The predicted molar refractivity (Wildman–Crippen MR) is 86.3 cm³/mol. The second-order valence-corrected chi connectivity index (χ2v) is 7.67. The third-order valence-corrected chi connectivity index (χ3v) is 3.73. The van der Waals surface area contributed by atoms with Crippen molar-refractivity contribution in [1.82, 2.24) is 10.2 Å². The topological polar surface area (TPSA) is 63.2 Å². The van der Waals surface area contributed by atoms with Crippen molar-refractivity contribution in [2.24, 2.45) is 4.99 Å². The van der Waals surface area contributed by atoms with Crippen LogP contribution in [-0.4, -0.2) is 60.3 Å². The normalized spacial score (nSPS) is 25.4. The van der Waals surface area contributed by atoms with Crippen molar-refractivity contribution in [2.75, 3.05) is 26.2 Å². The van der Waals surface area contributed by atoms with Crippen LogP contribution < -0.4 is 5.32 Å². The van der Waals surface area contributed by atoms with Crippen molar-refractivity contribution in [3.05, 3.63) is 0 Å². The average Bonchev–Trinajstić information content (AvgIpc) is 2.35. The van der Waals surface area contributed by atoms with Crippen LogP contribution in [0.2, 0.25) is 0 Å². The molecule has 0 radical (unpaired) electrons. The van der Waals surface area contributed by atoms with Gasteiger partial charge in [0.2, 0.25) is 0 Å². The van der Waals surface area contributed by atoms with E-state index in [1.54, 1.807) is 4.90 Å². The van der Waals surface area contributed by atoms with E-state index in [1.165, 1.54) is 0 Å². The van der Waals surface area contributed by atoms with E-state index < -0.39 is 5.60 Å². The Hall–Kier alpha value is -1.30. The number of aliphatic imine (C=N–C) groups is 1. The molecule has 1 atom stereocenters. The van der Waals surface area contributed by atoms with Crippen LogP contribution in [0, 0.1) is 0 Å². The van der Waals surface area contributed by atoms with Crippen LogP contribution in [0.3, 0.4) is 0 Å². The molecule has 6 nitrogen and oxygen atoms in total. The maximum absolute atomic E-state index is 12.2. The number of ether oxygens (including phenoxy) is 2. The molecule has 2 aliphatic rings. The minimum atomic E-state index is -0.468. The summed E-state index contributed by atoms with van der Waals surface area (Å²) in [5, 5.41) is 3.48. The van der Waals surface area contributed by atoms with Crippen LogP contribution in [-0.2, 0) is 9.47 Å². The van der Waals surface area contributed by atoms with E-state index in [9.17, 15) is 4.79 Å². The fraction of sp³-hybridized carbons (Fsp3) is 0.875. The molecular weight excluding hydrogens is 282 g/mol. The largest absolute Gasteiger partial charge is 0.444 e. The summed E-state index contributed by atoms with van der Waals surface area (Å²) in [6.45, 7) is 12.3. The SMILES string of the molecule is CC(C)(C)OC(=O)N1CCN=C(NC2CCOC(C)(C)C2)C1. The van der Waals surface area contributed by atoms with Gasteiger partial charge in [0.25, 0.3) is 0 Å². The van der Waals surface area contributed by atoms with Crippen LogP contribution in [0.25, 0.3) is 0 Å². The third kappa shape index (κ3) is 5.16. The molecule has 0 aliphatic carbocycles. The highest BCUT2D eigenvalue weighted by atomic mass is 16.6. The van der Waals surface area contributed by atoms with Crippen LogP contribution in [0.4, 0.5) is 4.79 Å². The van der Waals surface area contributed by atoms with E-state index in [2.05, 4.69) is 24.2 Å². The molecule has 1 fully saturated rings. The Morgan fingerprint density at radius 2 is 2.18 bits per heavy atom. The number of amidine groups is 1. The Kier molecular flexibility index (Phi) is 5.00. The predicted octanol–water partition coefficient (Wildman–Crippen LogP) is 2.18. The summed E-state index contributed by atoms with van der Waals surface area (Å²) in [7, 11) is 0. The van der Waals surface area contributed by atoms with Crippen molar-refractivity contribution in [2.45, 2.75) is 64.7 Å². The molecule has 1 N–H and O–H groups in total. The highest BCUT2D eigenvalue weighted by Crippen LogP contribution is 2.24. The maximum Gasteiger partial charge on any atom is 0.410 e. The summed E-state index contributed by atoms with van der Waals surface area (Å²) in [5.74, 6) is 0.875. The van der Waals surface area contributed by atoms with Crippen molar-refractivity contribution < 1.29 is 14.3 Å². The number of nitrogens with one attached hydrogen (secondary N) is 1. The van der Waals surface area contributed by atoms with Gasteiger partial charge in [0, 0.05) is 19.2 Å². The lowest BCUT2D eigenvalue weighted by Gasteiger charge is -2.37. The van der Waals surface area contributed by atoms with E-state index in [-0.39, 0.29) is 11.7 Å². The van der Waals surface area contributed by atoms with Crippen molar-refractivity contribution in [1.29, 1.82) is 0 Å². The van der Waals surface area contributed by atoms with Crippen LogP contribution >= 0.6 is 0 Å². The summed E-state index contributed by atoms with van der Waals surface area (Å²) in [4.78, 5) is 18.4. The summed E-state index contributed by atoms with van der Waals surface area (Å²) < 4.78 is 11.2. The lowest BCUT2D eigenvalue weighted by Crippen LogP contribution is -2.52. The molecule has 2 heterocycles. The van der Waals surface area contributed by atoms with Crippen molar-refractivity contribution >= 4 is 11.9 Å². The number of amides is 1. The Bertz CT molecular complexity index is 440. The minimum Gasteiger partial charge on any atom is -0.444 e. The monoisotopic (exact) mass is 311 g/mol. The first kappa shape index (κ1) is 17.1. The zero-order chi connectivity index (χ0) is 16.4. The Labute approximate surface area is 133 Å². The highest BCUT2D eigenvalue weighted by Gasteiger charge is 2.31. The number of hydrogen-bond donors (Lipinski definition) is 1. The number of carbonyl (C=O) groups excluding carboxylic acids is 1. The van der Waals surface area contributed by atoms with Gasteiger partial charge in [0.1, 0.15) is 11.4 Å². The second-order valence-electron chi connectivity index (χ2n) is 7.67. The summed E-state index contributed by atoms with van der Waals surface area (Å²) in [6.07, 6.45) is 1.64. The molecule has 0 aromatic heterocycles.